The number of para-hydroxylation sites is 2. The third-order valence-electron chi connectivity index (χ3n) is 4.39. The van der Waals surface area contributed by atoms with E-state index in [-0.39, 0.29) is 18.7 Å². The summed E-state index contributed by atoms with van der Waals surface area (Å²) in [7, 11) is 0. The minimum atomic E-state index is -0.642. The van der Waals surface area contributed by atoms with Crippen LogP contribution in [0.5, 0.6) is 0 Å². The fraction of sp³-hybridized carbons (Fsp3) is 0.125. The molecule has 1 N–H and O–H groups in total. The first-order valence-corrected chi connectivity index (χ1v) is 10.9. The molecule has 3 aromatic rings. The van der Waals surface area contributed by atoms with Gasteiger partial charge in [0.05, 0.1) is 17.1 Å². The molecular formula is C24H20BrClN2O4. The van der Waals surface area contributed by atoms with Gasteiger partial charge in [0.2, 0.25) is 5.91 Å². The first-order chi connectivity index (χ1) is 15.4. The van der Waals surface area contributed by atoms with Crippen molar-refractivity contribution in [1.82, 2.24) is 0 Å². The number of carbonyl (C=O) groups is 3. The van der Waals surface area contributed by atoms with Crippen molar-refractivity contribution in [2.24, 2.45) is 0 Å². The molecule has 0 aromatic heterocycles. The minimum absolute atomic E-state index is 0.0667. The summed E-state index contributed by atoms with van der Waals surface area (Å²) >= 11 is 9.34. The number of halogens is 2. The van der Waals surface area contributed by atoms with Crippen molar-refractivity contribution in [1.29, 1.82) is 0 Å². The van der Waals surface area contributed by atoms with Crippen molar-refractivity contribution in [2.45, 2.75) is 12.8 Å². The first-order valence-electron chi connectivity index (χ1n) is 9.77. The Bertz CT molecular complexity index is 1050. The monoisotopic (exact) mass is 514 g/mol. The number of esters is 1. The number of amides is 2. The summed E-state index contributed by atoms with van der Waals surface area (Å²) in [6.07, 6.45) is -0.218. The zero-order valence-electron chi connectivity index (χ0n) is 17.0. The molecule has 0 heterocycles. The summed E-state index contributed by atoms with van der Waals surface area (Å²) in [5.74, 6) is -1.42. The summed E-state index contributed by atoms with van der Waals surface area (Å²) in [6.45, 7) is -0.472. The van der Waals surface area contributed by atoms with Gasteiger partial charge in [0.1, 0.15) is 0 Å². The highest BCUT2D eigenvalue weighted by Crippen LogP contribution is 2.27. The molecule has 0 fully saturated rings. The molecule has 0 saturated carbocycles. The second-order valence-electron chi connectivity index (χ2n) is 6.73. The van der Waals surface area contributed by atoms with Crippen molar-refractivity contribution >= 4 is 62.4 Å². The summed E-state index contributed by atoms with van der Waals surface area (Å²) in [5, 5.41) is 2.93. The Morgan fingerprint density at radius 3 is 2.03 bits per heavy atom. The van der Waals surface area contributed by atoms with E-state index in [1.165, 1.54) is 0 Å². The number of hydrogen-bond donors (Lipinski definition) is 1. The largest absolute Gasteiger partial charge is 0.456 e. The van der Waals surface area contributed by atoms with Gasteiger partial charge >= 0.3 is 5.97 Å². The van der Waals surface area contributed by atoms with E-state index in [2.05, 4.69) is 21.2 Å². The van der Waals surface area contributed by atoms with Gasteiger partial charge in [0.25, 0.3) is 5.91 Å². The Morgan fingerprint density at radius 2 is 1.47 bits per heavy atom. The van der Waals surface area contributed by atoms with Crippen LogP contribution in [0, 0.1) is 0 Å². The van der Waals surface area contributed by atoms with Gasteiger partial charge in [-0.1, -0.05) is 63.9 Å². The Hall–Kier alpha value is -3.16. The standard InChI is InChI=1S/C24H20BrClN2O4/c25-17-11-12-21(20(26)15-17)27-22(29)16-32-24(31)14-13-23(30)28(18-7-3-1-4-8-18)19-9-5-2-6-10-19/h1-12,15H,13-14,16H2,(H,27,29). The topological polar surface area (TPSA) is 75.7 Å². The van der Waals surface area contributed by atoms with E-state index in [1.807, 2.05) is 60.7 Å². The van der Waals surface area contributed by atoms with E-state index in [1.54, 1.807) is 23.1 Å². The quantitative estimate of drug-likeness (QED) is 0.389. The Kier molecular flexibility index (Phi) is 8.41. The summed E-state index contributed by atoms with van der Waals surface area (Å²) < 4.78 is 5.78. The van der Waals surface area contributed by atoms with Gasteiger partial charge in [0, 0.05) is 22.3 Å². The third kappa shape index (κ3) is 6.67. The van der Waals surface area contributed by atoms with Gasteiger partial charge in [-0.3, -0.25) is 19.3 Å². The molecule has 3 rings (SSSR count). The van der Waals surface area contributed by atoms with Crippen molar-refractivity contribution in [3.05, 3.63) is 88.4 Å². The molecule has 0 atom stereocenters. The van der Waals surface area contributed by atoms with E-state index in [4.69, 9.17) is 16.3 Å². The lowest BCUT2D eigenvalue weighted by Gasteiger charge is -2.23. The van der Waals surface area contributed by atoms with Crippen LogP contribution >= 0.6 is 27.5 Å². The highest BCUT2D eigenvalue weighted by Gasteiger charge is 2.19. The van der Waals surface area contributed by atoms with E-state index >= 15 is 0 Å². The molecule has 0 saturated heterocycles. The Balaban J connectivity index is 1.53. The maximum atomic E-state index is 12.9. The number of nitrogens with one attached hydrogen (secondary N) is 1. The van der Waals surface area contributed by atoms with Crippen LogP contribution in [0.25, 0.3) is 0 Å². The lowest BCUT2D eigenvalue weighted by molar-refractivity contribution is -0.148. The zero-order valence-corrected chi connectivity index (χ0v) is 19.3. The smallest absolute Gasteiger partial charge is 0.306 e. The molecular weight excluding hydrogens is 496 g/mol. The van der Waals surface area contributed by atoms with Crippen LogP contribution in [0.4, 0.5) is 17.1 Å². The molecule has 6 nitrogen and oxygen atoms in total. The summed E-state index contributed by atoms with van der Waals surface area (Å²) in [4.78, 5) is 38.6. The SMILES string of the molecule is O=C(COC(=O)CCC(=O)N(c1ccccc1)c1ccccc1)Nc1ccc(Br)cc1Cl. The number of rotatable bonds is 8. The summed E-state index contributed by atoms with van der Waals surface area (Å²) in [5.41, 5.74) is 1.80. The average molecular weight is 516 g/mol. The van der Waals surface area contributed by atoms with Crippen LogP contribution in [0.15, 0.2) is 83.3 Å². The number of benzene rings is 3. The van der Waals surface area contributed by atoms with Gasteiger partial charge in [-0.2, -0.15) is 0 Å². The number of nitrogens with zero attached hydrogens (tertiary/aromatic N) is 1. The van der Waals surface area contributed by atoms with Gasteiger partial charge in [-0.05, 0) is 42.5 Å². The summed E-state index contributed by atoms with van der Waals surface area (Å²) in [6, 6.07) is 23.3. The van der Waals surface area contributed by atoms with Gasteiger partial charge < -0.3 is 10.1 Å². The number of ether oxygens (including phenoxy) is 1. The van der Waals surface area contributed by atoms with E-state index < -0.39 is 18.5 Å². The first kappa shape index (κ1) is 23.5. The molecule has 164 valence electrons. The maximum absolute atomic E-state index is 12.9. The number of hydrogen-bond acceptors (Lipinski definition) is 4. The molecule has 3 aromatic carbocycles. The maximum Gasteiger partial charge on any atom is 0.306 e. The number of anilines is 3. The molecule has 0 aliphatic heterocycles. The van der Waals surface area contributed by atoms with Crippen LogP contribution in [0.3, 0.4) is 0 Å². The fourth-order valence-electron chi connectivity index (χ4n) is 2.91. The van der Waals surface area contributed by atoms with E-state index in [0.717, 1.165) is 4.47 Å². The van der Waals surface area contributed by atoms with Crippen molar-refractivity contribution in [2.75, 3.05) is 16.8 Å². The molecule has 0 unspecified atom stereocenters. The Labute approximate surface area is 199 Å². The molecule has 0 aliphatic carbocycles. The lowest BCUT2D eigenvalue weighted by atomic mass is 10.2. The van der Waals surface area contributed by atoms with E-state index in [0.29, 0.717) is 22.1 Å². The van der Waals surface area contributed by atoms with E-state index in [9.17, 15) is 14.4 Å². The number of carbonyl (C=O) groups excluding carboxylic acids is 3. The molecule has 0 spiro atoms. The van der Waals surface area contributed by atoms with Crippen LogP contribution in [-0.4, -0.2) is 24.4 Å². The predicted molar refractivity (Wildman–Crippen MR) is 128 cm³/mol. The van der Waals surface area contributed by atoms with Crippen molar-refractivity contribution in [3.8, 4) is 0 Å². The van der Waals surface area contributed by atoms with Crippen LogP contribution in [0.2, 0.25) is 5.02 Å². The van der Waals surface area contributed by atoms with Gasteiger partial charge in [0.15, 0.2) is 6.61 Å². The molecule has 0 bridgehead atoms. The fourth-order valence-corrected chi connectivity index (χ4v) is 3.63. The van der Waals surface area contributed by atoms with Crippen LogP contribution < -0.4 is 10.2 Å². The highest BCUT2D eigenvalue weighted by molar-refractivity contribution is 9.10. The highest BCUT2D eigenvalue weighted by atomic mass is 79.9. The average Bonchev–Trinajstić information content (AvgIpc) is 2.80. The molecule has 8 heteroatoms. The van der Waals surface area contributed by atoms with Gasteiger partial charge in [-0.15, -0.1) is 0 Å². The second-order valence-corrected chi connectivity index (χ2v) is 8.06. The minimum Gasteiger partial charge on any atom is -0.456 e. The second kappa shape index (κ2) is 11.5. The van der Waals surface area contributed by atoms with Gasteiger partial charge in [-0.25, -0.2) is 0 Å². The molecule has 2 amide bonds. The third-order valence-corrected chi connectivity index (χ3v) is 5.20. The molecule has 0 radical (unpaired) electrons. The molecule has 0 aliphatic rings. The van der Waals surface area contributed by atoms with Crippen LogP contribution in [0.1, 0.15) is 12.8 Å². The zero-order chi connectivity index (χ0) is 22.9. The van der Waals surface area contributed by atoms with Crippen molar-refractivity contribution < 1.29 is 19.1 Å². The molecule has 32 heavy (non-hydrogen) atoms. The van der Waals surface area contributed by atoms with Crippen molar-refractivity contribution in [3.63, 3.8) is 0 Å². The van der Waals surface area contributed by atoms with Crippen LogP contribution in [-0.2, 0) is 19.1 Å². The predicted octanol–water partition coefficient (Wildman–Crippen LogP) is 5.73. The lowest BCUT2D eigenvalue weighted by Crippen LogP contribution is -2.27. The normalized spacial score (nSPS) is 10.3. The Morgan fingerprint density at radius 1 is 0.875 bits per heavy atom.